The minimum Gasteiger partial charge on any atom is -0.502 e. The Morgan fingerprint density at radius 1 is 0.563 bits per heavy atom. The second kappa shape index (κ2) is 16.2. The molecule has 362 valence electrons. The molecule has 0 aromatic heterocycles. The van der Waals surface area contributed by atoms with Gasteiger partial charge in [-0.25, -0.2) is 0 Å². The molecule has 7 aliphatic rings. The van der Waals surface area contributed by atoms with Gasteiger partial charge in [0.15, 0.2) is 46.0 Å². The zero-order valence-electron chi connectivity index (χ0n) is 39.1. The molecule has 0 saturated carbocycles. The molecule has 16 nitrogen and oxygen atoms in total. The van der Waals surface area contributed by atoms with E-state index in [9.17, 15) is 19.8 Å². The van der Waals surface area contributed by atoms with Crippen LogP contribution in [0.25, 0.3) is 22.3 Å². The average Bonchev–Trinajstić information content (AvgIpc) is 4.25. The summed E-state index contributed by atoms with van der Waals surface area (Å²) in [6.45, 7) is 0.607. The third-order valence-electron chi connectivity index (χ3n) is 15.6. The number of methoxy groups -OCH3 is 4. The van der Waals surface area contributed by atoms with E-state index >= 15 is 0 Å². The molecule has 2 saturated heterocycles. The molecular formula is C55H48N2O14. The van der Waals surface area contributed by atoms with Crippen LogP contribution in [0.4, 0.5) is 11.4 Å². The molecule has 16 heteroatoms. The summed E-state index contributed by atoms with van der Waals surface area (Å²) in [5.74, 6) is 0.630. The minimum atomic E-state index is -0.572. The Labute approximate surface area is 407 Å². The number of anilines is 2. The van der Waals surface area contributed by atoms with Crippen molar-refractivity contribution in [3.8, 4) is 79.7 Å². The molecule has 1 unspecified atom stereocenters. The van der Waals surface area contributed by atoms with Gasteiger partial charge in [0, 0.05) is 34.7 Å². The number of hydrogen-bond acceptors (Lipinski definition) is 16. The summed E-state index contributed by atoms with van der Waals surface area (Å²) in [6.07, 6.45) is 1.10. The van der Waals surface area contributed by atoms with E-state index in [1.165, 1.54) is 28.4 Å². The summed E-state index contributed by atoms with van der Waals surface area (Å²) in [7, 11) is 5.92. The molecule has 71 heavy (non-hydrogen) atoms. The molecule has 13 rings (SSSR count). The van der Waals surface area contributed by atoms with E-state index < -0.39 is 17.8 Å². The van der Waals surface area contributed by atoms with Crippen molar-refractivity contribution >= 4 is 23.3 Å². The van der Waals surface area contributed by atoms with E-state index in [1.807, 2.05) is 18.2 Å². The molecule has 7 atom stereocenters. The lowest BCUT2D eigenvalue weighted by Gasteiger charge is -2.40. The van der Waals surface area contributed by atoms with Gasteiger partial charge in [-0.05, 0) is 135 Å². The van der Waals surface area contributed by atoms with E-state index in [1.54, 1.807) is 24.3 Å². The maximum Gasteiger partial charge on any atom is 0.310 e. The summed E-state index contributed by atoms with van der Waals surface area (Å²) in [5, 5.41) is 29.3. The monoisotopic (exact) mass is 960 g/mol. The second-order valence-corrected chi connectivity index (χ2v) is 19.0. The van der Waals surface area contributed by atoms with E-state index in [-0.39, 0.29) is 97.2 Å². The van der Waals surface area contributed by atoms with Crippen LogP contribution in [0.2, 0.25) is 0 Å². The van der Waals surface area contributed by atoms with Gasteiger partial charge in [0.1, 0.15) is 0 Å². The van der Waals surface area contributed by atoms with Gasteiger partial charge >= 0.3 is 11.9 Å². The predicted molar refractivity (Wildman–Crippen MR) is 255 cm³/mol. The molecule has 4 heterocycles. The molecule has 0 spiro atoms. The van der Waals surface area contributed by atoms with Crippen LogP contribution in [0, 0.1) is 23.7 Å². The highest BCUT2D eigenvalue weighted by atomic mass is 16.7. The van der Waals surface area contributed by atoms with Gasteiger partial charge < -0.3 is 68.2 Å². The molecule has 6 aromatic rings. The lowest BCUT2D eigenvalue weighted by molar-refractivity contribution is -0.142. The molecule has 0 radical (unpaired) electrons. The predicted octanol–water partition coefficient (Wildman–Crippen LogP) is 8.41. The molecule has 0 amide bonds. The highest BCUT2D eigenvalue weighted by Gasteiger charge is 2.53. The fraction of sp³-hybridized carbons (Fsp3) is 0.309. The van der Waals surface area contributed by atoms with Gasteiger partial charge in [-0.15, -0.1) is 0 Å². The maximum absolute atomic E-state index is 13.9. The number of phenolic OH excluding ortho intramolecular Hbond substituents is 2. The van der Waals surface area contributed by atoms with Crippen LogP contribution in [0.15, 0.2) is 78.9 Å². The van der Waals surface area contributed by atoms with E-state index in [4.69, 9.17) is 47.4 Å². The third-order valence-corrected chi connectivity index (χ3v) is 15.6. The Bertz CT molecular complexity index is 3210. The first-order valence-corrected chi connectivity index (χ1v) is 23.5. The number of phenols is 2. The van der Waals surface area contributed by atoms with Gasteiger partial charge in [-0.3, -0.25) is 9.59 Å². The van der Waals surface area contributed by atoms with Crippen molar-refractivity contribution in [2.45, 2.75) is 30.8 Å². The summed E-state index contributed by atoms with van der Waals surface area (Å²) in [5.41, 5.74) is 12.2. The zero-order valence-corrected chi connectivity index (χ0v) is 39.1. The SMILES string of the molecule is COc1cc(-c2c3c(cc4c2OCO4)[C@@H](Nc2ccc4c(c2)Cc2cc(N[C@@H]5c6cc7c(cc6C(c6cc(OC)c(O)c(OC)c6)[C@H]6C(=O)OC[C@H]56)OCO7)ccc2-4)[C@H]2COC(=O)[C@@H]2C3)cc(OC)c1O. The van der Waals surface area contributed by atoms with Crippen LogP contribution < -0.4 is 48.5 Å². The number of ether oxygens (including phenoxy) is 10. The average molecular weight is 961 g/mol. The topological polar surface area (TPSA) is 191 Å². The van der Waals surface area contributed by atoms with Crippen molar-refractivity contribution in [1.29, 1.82) is 0 Å². The third kappa shape index (κ3) is 6.56. The van der Waals surface area contributed by atoms with Crippen LogP contribution >= 0.6 is 0 Å². The van der Waals surface area contributed by atoms with Gasteiger partial charge in [-0.1, -0.05) is 12.1 Å². The molecule has 4 aliphatic heterocycles. The van der Waals surface area contributed by atoms with Crippen molar-refractivity contribution in [2.24, 2.45) is 23.7 Å². The smallest absolute Gasteiger partial charge is 0.310 e. The number of cyclic esters (lactones) is 2. The molecule has 2 fully saturated rings. The number of benzene rings is 6. The second-order valence-electron chi connectivity index (χ2n) is 19.0. The van der Waals surface area contributed by atoms with Crippen LogP contribution in [-0.4, -0.2) is 77.4 Å². The highest BCUT2D eigenvalue weighted by Crippen LogP contribution is 2.58. The number of aromatic hydroxyl groups is 2. The number of nitrogens with one attached hydrogen (secondary N) is 2. The van der Waals surface area contributed by atoms with E-state index in [0.717, 1.165) is 67.0 Å². The van der Waals surface area contributed by atoms with Crippen molar-refractivity contribution in [3.05, 3.63) is 118 Å². The largest absolute Gasteiger partial charge is 0.502 e. The van der Waals surface area contributed by atoms with E-state index in [0.29, 0.717) is 41.4 Å². The summed E-state index contributed by atoms with van der Waals surface area (Å²) in [6, 6.07) is 25.1. The standard InChI is InChI=1S/C55H48N2O14/c1-62-41-12-26(13-42(63-2)51(41)58)46-33-17-39-40(69-22-68-39)18-34(33)50(38-21-67-55(61)48(38)46)57-29-6-8-31-25(11-29)9-24-10-28(5-7-30(24)31)56-49-35-19-45-53(71-23-70-45)47(32(35)16-36-37(49)20-66-54(36)60)27-14-43(64-3)52(59)44(15-27)65-4/h5-8,10-15,17-19,36-38,46,48-50,56-59H,9,16,20-23H2,1-4H3/t36-,37+,38+,46?,48+,49-,50-/m1/s1. The Hall–Kier alpha value is -8.14. The summed E-state index contributed by atoms with van der Waals surface area (Å²) < 4.78 is 57.8. The normalized spacial score (nSPS) is 23.3. The molecule has 0 bridgehead atoms. The van der Waals surface area contributed by atoms with Crippen molar-refractivity contribution in [1.82, 2.24) is 0 Å². The quantitative estimate of drug-likeness (QED) is 0.0955. The van der Waals surface area contributed by atoms with Crippen LogP contribution in [-0.2, 0) is 31.9 Å². The summed E-state index contributed by atoms with van der Waals surface area (Å²) >= 11 is 0. The number of carbonyl (C=O) groups is 2. The number of carbonyl (C=O) groups excluding carboxylic acids is 2. The number of fused-ring (bicyclic) bond motifs is 9. The highest BCUT2D eigenvalue weighted by molar-refractivity contribution is 5.86. The van der Waals surface area contributed by atoms with Crippen LogP contribution in [0.5, 0.6) is 57.5 Å². The molecule has 3 aliphatic carbocycles. The van der Waals surface area contributed by atoms with Gasteiger partial charge in [0.25, 0.3) is 0 Å². The Kier molecular flexibility index (Phi) is 9.80. The fourth-order valence-corrected chi connectivity index (χ4v) is 12.3. The first kappa shape index (κ1) is 42.9. The Morgan fingerprint density at radius 3 is 1.73 bits per heavy atom. The maximum atomic E-state index is 13.9. The van der Waals surface area contributed by atoms with Crippen molar-refractivity contribution in [3.63, 3.8) is 0 Å². The zero-order chi connectivity index (χ0) is 48.4. The number of hydrogen-bond donors (Lipinski definition) is 4. The van der Waals surface area contributed by atoms with Gasteiger partial charge in [0.05, 0.1) is 65.6 Å². The first-order valence-electron chi connectivity index (χ1n) is 23.5. The first-order chi connectivity index (χ1) is 34.6. The lowest BCUT2D eigenvalue weighted by Crippen LogP contribution is -2.37. The van der Waals surface area contributed by atoms with Crippen molar-refractivity contribution < 1.29 is 67.2 Å². The molecular weight excluding hydrogens is 913 g/mol. The van der Waals surface area contributed by atoms with Crippen molar-refractivity contribution in [2.75, 3.05) is 65.9 Å². The Balaban J connectivity index is 0.825. The van der Waals surface area contributed by atoms with Crippen LogP contribution in [0.3, 0.4) is 0 Å². The molecule has 6 aromatic carbocycles. The number of esters is 2. The molecule has 4 N–H and O–H groups in total. The van der Waals surface area contributed by atoms with Gasteiger partial charge in [0.2, 0.25) is 25.1 Å². The van der Waals surface area contributed by atoms with Gasteiger partial charge in [-0.2, -0.15) is 0 Å². The van der Waals surface area contributed by atoms with Crippen LogP contribution in [0.1, 0.15) is 56.9 Å². The fourth-order valence-electron chi connectivity index (χ4n) is 12.3. The summed E-state index contributed by atoms with van der Waals surface area (Å²) in [4.78, 5) is 27.3. The number of rotatable bonds is 10. The minimum absolute atomic E-state index is 0.0377. The van der Waals surface area contributed by atoms with E-state index in [2.05, 4.69) is 47.0 Å². The lowest BCUT2D eigenvalue weighted by atomic mass is 9.65. The Morgan fingerprint density at radius 2 is 1.10 bits per heavy atom.